The third-order valence-corrected chi connectivity index (χ3v) is 2.46. The Balaban J connectivity index is 2.37. The van der Waals surface area contributed by atoms with Gasteiger partial charge in [0.1, 0.15) is 0 Å². The summed E-state index contributed by atoms with van der Waals surface area (Å²) in [5, 5.41) is 4.30. The molecule has 6 heteroatoms. The zero-order chi connectivity index (χ0) is 11.1. The first-order valence-electron chi connectivity index (χ1n) is 4.24. The molecule has 0 bridgehead atoms. The molecule has 80 valence electrons. The van der Waals surface area contributed by atoms with Gasteiger partial charge in [0.2, 0.25) is 0 Å². The lowest BCUT2D eigenvalue weighted by Gasteiger charge is -2.01. The van der Waals surface area contributed by atoms with Crippen LogP contribution in [0.1, 0.15) is 5.56 Å². The minimum atomic E-state index is 0.110. The average molecular weight is 240 g/mol. The van der Waals surface area contributed by atoms with Gasteiger partial charge >= 0.3 is 0 Å². The molecule has 0 aliphatic carbocycles. The van der Waals surface area contributed by atoms with Crippen LogP contribution in [0.4, 0.5) is 0 Å². The fourth-order valence-electron chi connectivity index (χ4n) is 0.874. The Morgan fingerprint density at radius 2 is 2.00 bits per heavy atom. The summed E-state index contributed by atoms with van der Waals surface area (Å²) in [6, 6.07) is 10.00. The highest BCUT2D eigenvalue weighted by Crippen LogP contribution is 2.10. The fraction of sp³-hybridized carbons (Fsp3) is 0.111. The van der Waals surface area contributed by atoms with Gasteiger partial charge in [-0.2, -0.15) is 0 Å². The number of hydrazone groups is 1. The van der Waals surface area contributed by atoms with Crippen LogP contribution >= 0.6 is 24.0 Å². The average Bonchev–Trinajstić information content (AvgIpc) is 2.25. The Labute approximate surface area is 98.1 Å². The Bertz CT molecular complexity index is 350. The Morgan fingerprint density at radius 3 is 2.60 bits per heavy atom. The summed E-state index contributed by atoms with van der Waals surface area (Å²) in [5.74, 6) is 0.773. The minimum absolute atomic E-state index is 0.110. The molecule has 0 heterocycles. The van der Waals surface area contributed by atoms with Crippen LogP contribution < -0.4 is 16.9 Å². The Hall–Kier alpha value is -1.27. The molecule has 0 aliphatic rings. The molecule has 0 saturated heterocycles. The number of rotatable bonds is 3. The van der Waals surface area contributed by atoms with Crippen LogP contribution in [-0.4, -0.2) is 10.3 Å². The van der Waals surface area contributed by atoms with Crippen molar-refractivity contribution in [1.29, 1.82) is 0 Å². The van der Waals surface area contributed by atoms with Gasteiger partial charge in [-0.3, -0.25) is 5.43 Å². The standard InChI is InChI=1S/C9H12N4S2/c10-8(14)12-13-9(11)15-6-7-4-2-1-3-5-7/h1-5H,6H2,(H2,11,13)(H3,10,12,14). The molecule has 0 aliphatic heterocycles. The predicted octanol–water partition coefficient (Wildman–Crippen LogP) is 0.983. The lowest BCUT2D eigenvalue weighted by molar-refractivity contribution is 1.03. The molecule has 0 saturated carbocycles. The van der Waals surface area contributed by atoms with Crippen LogP contribution in [0, 0.1) is 0 Å². The van der Waals surface area contributed by atoms with E-state index in [-0.39, 0.29) is 5.11 Å². The Kier molecular flexibility index (Phi) is 4.92. The quantitative estimate of drug-likeness (QED) is 0.318. The second-order valence-electron chi connectivity index (χ2n) is 2.70. The maximum atomic E-state index is 5.61. The molecule has 0 radical (unpaired) electrons. The molecule has 1 aromatic rings. The lowest BCUT2D eigenvalue weighted by atomic mass is 10.2. The van der Waals surface area contributed by atoms with Gasteiger partial charge in [0, 0.05) is 5.75 Å². The molecule has 0 unspecified atom stereocenters. The molecule has 4 nitrogen and oxygen atoms in total. The van der Waals surface area contributed by atoms with Crippen LogP contribution in [0.25, 0.3) is 0 Å². The van der Waals surface area contributed by atoms with Crippen molar-refractivity contribution in [3.63, 3.8) is 0 Å². The van der Waals surface area contributed by atoms with Crippen LogP contribution in [0.15, 0.2) is 35.4 Å². The zero-order valence-corrected chi connectivity index (χ0v) is 9.65. The second kappa shape index (κ2) is 6.26. The zero-order valence-electron chi connectivity index (χ0n) is 8.01. The molecule has 1 aromatic carbocycles. The number of nitrogens with one attached hydrogen (secondary N) is 1. The maximum absolute atomic E-state index is 5.61. The van der Waals surface area contributed by atoms with E-state index in [1.54, 1.807) is 0 Å². The van der Waals surface area contributed by atoms with E-state index in [1.165, 1.54) is 17.3 Å². The van der Waals surface area contributed by atoms with Crippen molar-refractivity contribution in [2.24, 2.45) is 16.6 Å². The molecule has 0 spiro atoms. The Morgan fingerprint density at radius 1 is 1.33 bits per heavy atom. The van der Waals surface area contributed by atoms with Crippen molar-refractivity contribution in [1.82, 2.24) is 5.43 Å². The summed E-state index contributed by atoms with van der Waals surface area (Å²) in [7, 11) is 0. The normalized spacial score (nSPS) is 11.1. The summed E-state index contributed by atoms with van der Waals surface area (Å²) >= 11 is 6.01. The van der Waals surface area contributed by atoms with Gasteiger partial charge in [-0.05, 0) is 17.8 Å². The van der Waals surface area contributed by atoms with Gasteiger partial charge in [0.15, 0.2) is 10.3 Å². The summed E-state index contributed by atoms with van der Waals surface area (Å²) in [5.41, 5.74) is 14.4. The number of benzene rings is 1. The van der Waals surface area contributed by atoms with Crippen molar-refractivity contribution in [3.05, 3.63) is 35.9 Å². The molecule has 15 heavy (non-hydrogen) atoms. The molecule has 0 atom stereocenters. The monoisotopic (exact) mass is 240 g/mol. The molecule has 1 rings (SSSR count). The second-order valence-corrected chi connectivity index (χ2v) is 4.14. The first-order valence-corrected chi connectivity index (χ1v) is 5.63. The number of hydrogen-bond donors (Lipinski definition) is 3. The molecular weight excluding hydrogens is 228 g/mol. The number of thioether (sulfide) groups is 1. The lowest BCUT2D eigenvalue weighted by Crippen LogP contribution is -2.26. The highest BCUT2D eigenvalue weighted by molar-refractivity contribution is 8.13. The minimum Gasteiger partial charge on any atom is -0.377 e. The van der Waals surface area contributed by atoms with Crippen LogP contribution in [0.3, 0.4) is 0 Å². The number of amidine groups is 1. The van der Waals surface area contributed by atoms with E-state index in [0.29, 0.717) is 5.17 Å². The summed E-state index contributed by atoms with van der Waals surface area (Å²) in [6.45, 7) is 0. The van der Waals surface area contributed by atoms with Crippen molar-refractivity contribution in [2.75, 3.05) is 0 Å². The van der Waals surface area contributed by atoms with Gasteiger partial charge in [-0.15, -0.1) is 5.10 Å². The van der Waals surface area contributed by atoms with E-state index in [9.17, 15) is 0 Å². The van der Waals surface area contributed by atoms with Crippen LogP contribution in [-0.2, 0) is 5.75 Å². The SMILES string of the molecule is NC(=S)N/N=C(\N)SCc1ccccc1. The number of thiocarbonyl (C=S) groups is 1. The van der Waals surface area contributed by atoms with E-state index >= 15 is 0 Å². The first kappa shape index (κ1) is 11.8. The highest BCUT2D eigenvalue weighted by atomic mass is 32.2. The van der Waals surface area contributed by atoms with Gasteiger partial charge < -0.3 is 11.5 Å². The molecule has 0 amide bonds. The molecule has 5 N–H and O–H groups in total. The van der Waals surface area contributed by atoms with Crippen LogP contribution in [0.2, 0.25) is 0 Å². The van der Waals surface area contributed by atoms with Gasteiger partial charge in [0.25, 0.3) is 0 Å². The summed E-state index contributed by atoms with van der Waals surface area (Å²) in [4.78, 5) is 0. The fourth-order valence-corrected chi connectivity index (χ4v) is 1.54. The third-order valence-electron chi connectivity index (χ3n) is 1.51. The smallest absolute Gasteiger partial charge is 0.184 e. The maximum Gasteiger partial charge on any atom is 0.184 e. The third kappa shape index (κ3) is 5.24. The number of hydrogen-bond acceptors (Lipinski definition) is 3. The topological polar surface area (TPSA) is 76.4 Å². The molecule has 0 fully saturated rings. The molecule has 0 aromatic heterocycles. The number of nitrogens with zero attached hydrogens (tertiary/aromatic N) is 1. The van der Waals surface area contributed by atoms with Gasteiger partial charge in [-0.1, -0.05) is 42.1 Å². The summed E-state index contributed by atoms with van der Waals surface area (Å²) in [6.07, 6.45) is 0. The van der Waals surface area contributed by atoms with E-state index in [1.807, 2.05) is 30.3 Å². The number of nitrogens with two attached hydrogens (primary N) is 2. The van der Waals surface area contributed by atoms with Crippen molar-refractivity contribution < 1.29 is 0 Å². The predicted molar refractivity (Wildman–Crippen MR) is 69.3 cm³/mol. The van der Waals surface area contributed by atoms with E-state index in [0.717, 1.165) is 5.75 Å². The highest BCUT2D eigenvalue weighted by Gasteiger charge is 1.96. The van der Waals surface area contributed by atoms with Crippen LogP contribution in [0.5, 0.6) is 0 Å². The van der Waals surface area contributed by atoms with Crippen molar-refractivity contribution >= 4 is 34.3 Å². The summed E-state index contributed by atoms with van der Waals surface area (Å²) < 4.78 is 0. The van der Waals surface area contributed by atoms with Crippen molar-refractivity contribution in [3.8, 4) is 0 Å². The molecular formula is C9H12N4S2. The van der Waals surface area contributed by atoms with E-state index in [4.69, 9.17) is 11.5 Å². The van der Waals surface area contributed by atoms with Gasteiger partial charge in [-0.25, -0.2) is 0 Å². The van der Waals surface area contributed by atoms with E-state index in [2.05, 4.69) is 22.7 Å². The van der Waals surface area contributed by atoms with E-state index < -0.39 is 0 Å². The van der Waals surface area contributed by atoms with Gasteiger partial charge in [0.05, 0.1) is 0 Å². The van der Waals surface area contributed by atoms with Crippen molar-refractivity contribution in [2.45, 2.75) is 5.75 Å². The largest absolute Gasteiger partial charge is 0.377 e. The first-order chi connectivity index (χ1) is 7.18.